The summed E-state index contributed by atoms with van der Waals surface area (Å²) in [4.78, 5) is 13.9. The van der Waals surface area contributed by atoms with E-state index in [1.165, 1.54) is 19.3 Å². The summed E-state index contributed by atoms with van der Waals surface area (Å²) in [6.45, 7) is 7.80. The highest BCUT2D eigenvalue weighted by atomic mass is 16.6. The van der Waals surface area contributed by atoms with Crippen LogP contribution in [-0.2, 0) is 4.74 Å². The molecule has 5 nitrogen and oxygen atoms in total. The third-order valence-electron chi connectivity index (χ3n) is 4.38. The van der Waals surface area contributed by atoms with Gasteiger partial charge < -0.3 is 20.7 Å². The molecule has 0 aromatic carbocycles. The minimum atomic E-state index is -0.427. The van der Waals surface area contributed by atoms with Crippen molar-refractivity contribution in [3.63, 3.8) is 0 Å². The van der Waals surface area contributed by atoms with Crippen LogP contribution in [0.2, 0.25) is 0 Å². The second kappa shape index (κ2) is 5.90. The van der Waals surface area contributed by atoms with Crippen LogP contribution in [-0.4, -0.2) is 47.8 Å². The number of nitrogens with one attached hydrogen (secondary N) is 1. The number of hydrogen-bond acceptors (Lipinski definition) is 4. The first kappa shape index (κ1) is 15.6. The molecule has 1 saturated heterocycles. The summed E-state index contributed by atoms with van der Waals surface area (Å²) < 4.78 is 5.43. The highest BCUT2D eigenvalue weighted by Gasteiger charge is 2.38. The lowest BCUT2D eigenvalue weighted by atomic mass is 9.83. The standard InChI is InChI=1S/C15H29N3O2/c1-14(2,3)20-13(19)18-9-7-15(11-16,8-10-18)17-12-5-4-6-12/h12,17H,4-11,16H2,1-3H3. The lowest BCUT2D eigenvalue weighted by Gasteiger charge is -2.45. The molecule has 1 aliphatic carbocycles. The Morgan fingerprint density at radius 2 is 1.95 bits per heavy atom. The largest absolute Gasteiger partial charge is 0.444 e. The van der Waals surface area contributed by atoms with Crippen LogP contribution in [0.15, 0.2) is 0 Å². The van der Waals surface area contributed by atoms with Crippen molar-refractivity contribution in [2.45, 2.75) is 70.1 Å². The zero-order valence-corrected chi connectivity index (χ0v) is 13.1. The van der Waals surface area contributed by atoms with E-state index in [0.717, 1.165) is 25.9 Å². The van der Waals surface area contributed by atoms with Crippen LogP contribution < -0.4 is 11.1 Å². The highest BCUT2D eigenvalue weighted by Crippen LogP contribution is 2.28. The molecule has 1 saturated carbocycles. The molecule has 5 heteroatoms. The van der Waals surface area contributed by atoms with Crippen molar-refractivity contribution in [1.29, 1.82) is 0 Å². The van der Waals surface area contributed by atoms with Gasteiger partial charge in [0.05, 0.1) is 0 Å². The van der Waals surface area contributed by atoms with Crippen molar-refractivity contribution in [1.82, 2.24) is 10.2 Å². The molecule has 0 aromatic rings. The molecule has 0 spiro atoms. The molecule has 1 heterocycles. The van der Waals surface area contributed by atoms with Gasteiger partial charge in [-0.1, -0.05) is 6.42 Å². The van der Waals surface area contributed by atoms with Gasteiger partial charge in [-0.3, -0.25) is 0 Å². The fourth-order valence-corrected chi connectivity index (χ4v) is 2.84. The van der Waals surface area contributed by atoms with Crippen LogP contribution >= 0.6 is 0 Å². The number of piperidine rings is 1. The van der Waals surface area contributed by atoms with Crippen molar-refractivity contribution in [3.8, 4) is 0 Å². The monoisotopic (exact) mass is 283 g/mol. The maximum atomic E-state index is 12.1. The molecule has 1 amide bonds. The smallest absolute Gasteiger partial charge is 0.410 e. The molecule has 2 fully saturated rings. The zero-order valence-electron chi connectivity index (χ0n) is 13.1. The number of ether oxygens (including phenoxy) is 1. The number of nitrogens with two attached hydrogens (primary N) is 1. The van der Waals surface area contributed by atoms with Crippen LogP contribution in [0.1, 0.15) is 52.9 Å². The van der Waals surface area contributed by atoms with Gasteiger partial charge in [0.15, 0.2) is 0 Å². The second-order valence-corrected chi connectivity index (χ2v) is 7.22. The van der Waals surface area contributed by atoms with Gasteiger partial charge in [0, 0.05) is 31.2 Å². The summed E-state index contributed by atoms with van der Waals surface area (Å²) in [5.74, 6) is 0. The maximum absolute atomic E-state index is 12.1. The number of likely N-dealkylation sites (tertiary alicyclic amines) is 1. The van der Waals surface area contributed by atoms with E-state index in [9.17, 15) is 4.79 Å². The topological polar surface area (TPSA) is 67.6 Å². The van der Waals surface area contributed by atoms with Crippen molar-refractivity contribution in [2.75, 3.05) is 19.6 Å². The third kappa shape index (κ3) is 3.85. The van der Waals surface area contributed by atoms with E-state index in [1.54, 1.807) is 0 Å². The zero-order chi connectivity index (χ0) is 14.8. The van der Waals surface area contributed by atoms with Gasteiger partial charge in [0.25, 0.3) is 0 Å². The van der Waals surface area contributed by atoms with Crippen LogP contribution in [0, 0.1) is 0 Å². The predicted octanol–water partition coefficient (Wildman–Crippen LogP) is 1.86. The van der Waals surface area contributed by atoms with E-state index >= 15 is 0 Å². The fourth-order valence-electron chi connectivity index (χ4n) is 2.84. The molecule has 0 unspecified atom stereocenters. The van der Waals surface area contributed by atoms with Crippen molar-refractivity contribution < 1.29 is 9.53 Å². The molecule has 3 N–H and O–H groups in total. The average Bonchev–Trinajstić information content (AvgIpc) is 2.32. The van der Waals surface area contributed by atoms with Gasteiger partial charge in [0.2, 0.25) is 0 Å². The van der Waals surface area contributed by atoms with Gasteiger partial charge in [-0.2, -0.15) is 0 Å². The molecule has 116 valence electrons. The number of hydrogen-bond donors (Lipinski definition) is 2. The van der Waals surface area contributed by atoms with E-state index in [-0.39, 0.29) is 11.6 Å². The van der Waals surface area contributed by atoms with Crippen LogP contribution in [0.3, 0.4) is 0 Å². The Bertz CT molecular complexity index is 340. The molecule has 0 radical (unpaired) electrons. The molecule has 0 bridgehead atoms. The van der Waals surface area contributed by atoms with Crippen LogP contribution in [0.5, 0.6) is 0 Å². The molecular formula is C15H29N3O2. The van der Waals surface area contributed by atoms with E-state index in [1.807, 2.05) is 25.7 Å². The minimum absolute atomic E-state index is 0.0175. The molecule has 0 aromatic heterocycles. The van der Waals surface area contributed by atoms with Gasteiger partial charge in [0.1, 0.15) is 5.60 Å². The molecule has 20 heavy (non-hydrogen) atoms. The third-order valence-corrected chi connectivity index (χ3v) is 4.38. The summed E-state index contributed by atoms with van der Waals surface area (Å²) in [6.07, 6.45) is 5.47. The number of nitrogens with zero attached hydrogens (tertiary/aromatic N) is 1. The van der Waals surface area contributed by atoms with Crippen molar-refractivity contribution >= 4 is 6.09 Å². The SMILES string of the molecule is CC(C)(C)OC(=O)N1CCC(CN)(NC2CCC2)CC1. The number of amides is 1. The Balaban J connectivity index is 1.85. The first-order valence-corrected chi connectivity index (χ1v) is 7.79. The second-order valence-electron chi connectivity index (χ2n) is 7.22. The first-order valence-electron chi connectivity index (χ1n) is 7.79. The van der Waals surface area contributed by atoms with Gasteiger partial charge in [-0.05, 0) is 46.5 Å². The molecule has 1 aliphatic heterocycles. The minimum Gasteiger partial charge on any atom is -0.444 e. The van der Waals surface area contributed by atoms with Crippen molar-refractivity contribution in [2.24, 2.45) is 5.73 Å². The normalized spacial score (nSPS) is 23.3. The van der Waals surface area contributed by atoms with E-state index in [2.05, 4.69) is 5.32 Å². The average molecular weight is 283 g/mol. The van der Waals surface area contributed by atoms with Gasteiger partial charge in [-0.25, -0.2) is 4.79 Å². The molecule has 2 rings (SSSR count). The summed E-state index contributed by atoms with van der Waals surface area (Å²) in [5.41, 5.74) is 5.58. The van der Waals surface area contributed by atoms with Gasteiger partial charge >= 0.3 is 6.09 Å². The Hall–Kier alpha value is -0.810. The quantitative estimate of drug-likeness (QED) is 0.829. The van der Waals surface area contributed by atoms with Crippen LogP contribution in [0.4, 0.5) is 4.79 Å². The van der Waals surface area contributed by atoms with Crippen molar-refractivity contribution in [3.05, 3.63) is 0 Å². The lowest BCUT2D eigenvalue weighted by Crippen LogP contribution is -2.62. The van der Waals surface area contributed by atoms with E-state index in [0.29, 0.717) is 12.6 Å². The predicted molar refractivity (Wildman–Crippen MR) is 79.6 cm³/mol. The van der Waals surface area contributed by atoms with E-state index < -0.39 is 5.60 Å². The maximum Gasteiger partial charge on any atom is 0.410 e. The first-order chi connectivity index (χ1) is 9.34. The number of carbonyl (C=O) groups is 1. The summed E-state index contributed by atoms with van der Waals surface area (Å²) >= 11 is 0. The molecule has 2 aliphatic rings. The summed E-state index contributed by atoms with van der Waals surface area (Å²) in [7, 11) is 0. The van der Waals surface area contributed by atoms with E-state index in [4.69, 9.17) is 10.5 Å². The molecule has 0 atom stereocenters. The van der Waals surface area contributed by atoms with Gasteiger partial charge in [-0.15, -0.1) is 0 Å². The fraction of sp³-hybridized carbons (Fsp3) is 0.933. The summed E-state index contributed by atoms with van der Waals surface area (Å²) in [5, 5.41) is 3.72. The number of rotatable bonds is 3. The number of carbonyl (C=O) groups excluding carboxylic acids is 1. The Morgan fingerprint density at radius 1 is 1.35 bits per heavy atom. The highest BCUT2D eigenvalue weighted by molar-refractivity contribution is 5.68. The van der Waals surface area contributed by atoms with Crippen LogP contribution in [0.25, 0.3) is 0 Å². The Morgan fingerprint density at radius 3 is 2.35 bits per heavy atom. The molecular weight excluding hydrogens is 254 g/mol. The Labute approximate surface area is 122 Å². The summed E-state index contributed by atoms with van der Waals surface area (Å²) in [6, 6.07) is 0.631. The Kier molecular flexibility index (Phi) is 4.59. The lowest BCUT2D eigenvalue weighted by molar-refractivity contribution is 0.0136.